The second kappa shape index (κ2) is 6.32. The van der Waals surface area contributed by atoms with Gasteiger partial charge in [-0.15, -0.1) is 0 Å². The maximum Gasteiger partial charge on any atom is 0.237 e. The van der Waals surface area contributed by atoms with Crippen molar-refractivity contribution < 1.29 is 13.5 Å². The Morgan fingerprint density at radius 3 is 2.80 bits per heavy atom. The van der Waals surface area contributed by atoms with E-state index in [1.54, 1.807) is 31.3 Å². The highest BCUT2D eigenvalue weighted by atomic mass is 19.2. The Morgan fingerprint density at radius 2 is 2.05 bits per heavy atom. The van der Waals surface area contributed by atoms with Crippen molar-refractivity contribution in [2.45, 2.75) is 19.9 Å². The number of ether oxygens (including phenoxy) is 1. The molecule has 1 aromatic heterocycles. The molecule has 0 fully saturated rings. The zero-order valence-corrected chi connectivity index (χ0v) is 11.4. The molecule has 0 radical (unpaired) electrons. The SMILES string of the molecule is CCOc1ncccc1NC(C)c1cccc(F)c1F. The van der Waals surface area contributed by atoms with Crippen molar-refractivity contribution in [3.8, 4) is 5.88 Å². The van der Waals surface area contributed by atoms with Crippen molar-refractivity contribution in [3.63, 3.8) is 0 Å². The van der Waals surface area contributed by atoms with Crippen LogP contribution in [0.5, 0.6) is 5.88 Å². The number of pyridine rings is 1. The molecule has 0 aliphatic carbocycles. The van der Waals surface area contributed by atoms with Crippen LogP contribution in [0.15, 0.2) is 36.5 Å². The zero-order chi connectivity index (χ0) is 14.5. The van der Waals surface area contributed by atoms with Gasteiger partial charge < -0.3 is 10.1 Å². The van der Waals surface area contributed by atoms with Crippen LogP contribution in [0.25, 0.3) is 0 Å². The third-order valence-electron chi connectivity index (χ3n) is 2.87. The molecule has 106 valence electrons. The first-order valence-electron chi connectivity index (χ1n) is 6.41. The van der Waals surface area contributed by atoms with E-state index >= 15 is 0 Å². The quantitative estimate of drug-likeness (QED) is 0.899. The highest BCUT2D eigenvalue weighted by Gasteiger charge is 2.15. The number of benzene rings is 1. The average molecular weight is 278 g/mol. The van der Waals surface area contributed by atoms with Crippen LogP contribution >= 0.6 is 0 Å². The fourth-order valence-corrected chi connectivity index (χ4v) is 1.92. The minimum Gasteiger partial charge on any atom is -0.476 e. The summed E-state index contributed by atoms with van der Waals surface area (Å²) in [7, 11) is 0. The van der Waals surface area contributed by atoms with Crippen LogP contribution in [-0.4, -0.2) is 11.6 Å². The minimum absolute atomic E-state index is 0.260. The van der Waals surface area contributed by atoms with Crippen LogP contribution in [0, 0.1) is 11.6 Å². The van der Waals surface area contributed by atoms with Crippen molar-refractivity contribution in [3.05, 3.63) is 53.7 Å². The van der Waals surface area contributed by atoms with Gasteiger partial charge in [0.2, 0.25) is 5.88 Å². The van der Waals surface area contributed by atoms with Gasteiger partial charge in [-0.25, -0.2) is 13.8 Å². The maximum atomic E-state index is 13.7. The van der Waals surface area contributed by atoms with E-state index in [1.807, 2.05) is 6.92 Å². The van der Waals surface area contributed by atoms with Crippen molar-refractivity contribution in [2.24, 2.45) is 0 Å². The Balaban J connectivity index is 2.23. The molecule has 1 aromatic carbocycles. The third-order valence-corrected chi connectivity index (χ3v) is 2.87. The summed E-state index contributed by atoms with van der Waals surface area (Å²) in [5, 5.41) is 3.09. The Labute approximate surface area is 116 Å². The third kappa shape index (κ3) is 3.04. The highest BCUT2D eigenvalue weighted by Crippen LogP contribution is 2.27. The van der Waals surface area contributed by atoms with Crippen LogP contribution in [0.3, 0.4) is 0 Å². The fraction of sp³-hybridized carbons (Fsp3) is 0.267. The molecule has 0 saturated carbocycles. The molecule has 0 bridgehead atoms. The van der Waals surface area contributed by atoms with E-state index in [0.717, 1.165) is 6.07 Å². The normalized spacial score (nSPS) is 12.0. The van der Waals surface area contributed by atoms with Gasteiger partial charge in [0.1, 0.15) is 0 Å². The molecule has 3 nitrogen and oxygen atoms in total. The van der Waals surface area contributed by atoms with Gasteiger partial charge in [-0.05, 0) is 32.0 Å². The first-order valence-corrected chi connectivity index (χ1v) is 6.41. The largest absolute Gasteiger partial charge is 0.476 e. The van der Waals surface area contributed by atoms with Crippen LogP contribution in [-0.2, 0) is 0 Å². The maximum absolute atomic E-state index is 13.7. The second-order valence-corrected chi connectivity index (χ2v) is 4.30. The summed E-state index contributed by atoms with van der Waals surface area (Å²) in [6, 6.07) is 7.26. The Morgan fingerprint density at radius 1 is 1.25 bits per heavy atom. The fourth-order valence-electron chi connectivity index (χ4n) is 1.92. The van der Waals surface area contributed by atoms with Crippen LogP contribution in [0.2, 0.25) is 0 Å². The van der Waals surface area contributed by atoms with Crippen molar-refractivity contribution in [1.82, 2.24) is 4.98 Å². The summed E-state index contributed by atoms with van der Waals surface area (Å²) in [6.45, 7) is 4.09. The van der Waals surface area contributed by atoms with Gasteiger partial charge in [-0.2, -0.15) is 0 Å². The Kier molecular flexibility index (Phi) is 4.50. The Bertz CT molecular complexity index is 590. The van der Waals surface area contributed by atoms with Gasteiger partial charge in [0.25, 0.3) is 0 Å². The minimum atomic E-state index is -0.854. The van der Waals surface area contributed by atoms with Gasteiger partial charge in [0.15, 0.2) is 11.6 Å². The monoisotopic (exact) mass is 278 g/mol. The molecule has 0 saturated heterocycles. The lowest BCUT2D eigenvalue weighted by molar-refractivity contribution is 0.328. The van der Waals surface area contributed by atoms with Gasteiger partial charge in [0, 0.05) is 11.8 Å². The molecule has 0 aliphatic heterocycles. The molecule has 0 spiro atoms. The average Bonchev–Trinajstić information content (AvgIpc) is 2.44. The lowest BCUT2D eigenvalue weighted by Crippen LogP contribution is -2.11. The lowest BCUT2D eigenvalue weighted by Gasteiger charge is -2.18. The molecule has 0 amide bonds. The van der Waals surface area contributed by atoms with Crippen LogP contribution < -0.4 is 10.1 Å². The molecular weight excluding hydrogens is 262 g/mol. The standard InChI is InChI=1S/C15H16F2N2O/c1-3-20-15-13(8-5-9-18-15)19-10(2)11-6-4-7-12(16)14(11)17/h4-10,19H,3H2,1-2H3. The van der Waals surface area contributed by atoms with E-state index < -0.39 is 17.7 Å². The van der Waals surface area contributed by atoms with E-state index in [2.05, 4.69) is 10.3 Å². The van der Waals surface area contributed by atoms with Crippen molar-refractivity contribution >= 4 is 5.69 Å². The molecule has 1 N–H and O–H groups in total. The first kappa shape index (κ1) is 14.2. The number of aromatic nitrogens is 1. The van der Waals surface area contributed by atoms with E-state index in [9.17, 15) is 8.78 Å². The molecule has 5 heteroatoms. The summed E-state index contributed by atoms with van der Waals surface area (Å²) in [4.78, 5) is 4.10. The topological polar surface area (TPSA) is 34.1 Å². The second-order valence-electron chi connectivity index (χ2n) is 4.30. The van der Waals surface area contributed by atoms with Crippen LogP contribution in [0.1, 0.15) is 25.5 Å². The summed E-state index contributed by atoms with van der Waals surface area (Å²) in [5.74, 6) is -1.25. The molecule has 1 atom stereocenters. The van der Waals surface area contributed by atoms with Crippen LogP contribution in [0.4, 0.5) is 14.5 Å². The lowest BCUT2D eigenvalue weighted by atomic mass is 10.1. The number of halogens is 2. The molecule has 1 unspecified atom stereocenters. The number of hydrogen-bond donors (Lipinski definition) is 1. The molecule has 2 rings (SSSR count). The van der Waals surface area contributed by atoms with Gasteiger partial charge in [-0.1, -0.05) is 12.1 Å². The number of rotatable bonds is 5. The van der Waals surface area contributed by atoms with E-state index in [-0.39, 0.29) is 5.56 Å². The highest BCUT2D eigenvalue weighted by molar-refractivity contribution is 5.53. The van der Waals surface area contributed by atoms with E-state index in [4.69, 9.17) is 4.74 Å². The van der Waals surface area contributed by atoms with Crippen molar-refractivity contribution in [1.29, 1.82) is 0 Å². The van der Waals surface area contributed by atoms with E-state index in [0.29, 0.717) is 18.2 Å². The van der Waals surface area contributed by atoms with E-state index in [1.165, 1.54) is 6.07 Å². The smallest absolute Gasteiger partial charge is 0.237 e. The molecule has 1 heterocycles. The predicted molar refractivity (Wildman–Crippen MR) is 73.8 cm³/mol. The summed E-state index contributed by atoms with van der Waals surface area (Å²) < 4.78 is 32.4. The summed E-state index contributed by atoms with van der Waals surface area (Å²) in [6.07, 6.45) is 1.61. The summed E-state index contributed by atoms with van der Waals surface area (Å²) >= 11 is 0. The molecule has 0 aliphatic rings. The van der Waals surface area contributed by atoms with Gasteiger partial charge in [0.05, 0.1) is 18.3 Å². The van der Waals surface area contributed by atoms with Crippen molar-refractivity contribution in [2.75, 3.05) is 11.9 Å². The predicted octanol–water partition coefficient (Wildman–Crippen LogP) is 3.93. The van der Waals surface area contributed by atoms with Gasteiger partial charge in [-0.3, -0.25) is 0 Å². The Hall–Kier alpha value is -2.17. The number of nitrogens with one attached hydrogen (secondary N) is 1. The molecular formula is C15H16F2N2O. The molecule has 2 aromatic rings. The van der Waals surface area contributed by atoms with Gasteiger partial charge >= 0.3 is 0 Å². The molecule has 20 heavy (non-hydrogen) atoms. The number of nitrogens with zero attached hydrogens (tertiary/aromatic N) is 1. The first-order chi connectivity index (χ1) is 9.63. The summed E-state index contributed by atoms with van der Waals surface area (Å²) in [5.41, 5.74) is 0.904. The number of hydrogen-bond acceptors (Lipinski definition) is 3. The number of anilines is 1. The zero-order valence-electron chi connectivity index (χ0n) is 11.4.